The Morgan fingerprint density at radius 3 is 2.80 bits per heavy atom. The number of hydrogen-bond donors (Lipinski definition) is 0. The molecule has 0 N–H and O–H groups in total. The van der Waals surface area contributed by atoms with E-state index in [9.17, 15) is 4.79 Å². The number of likely N-dealkylation sites (tertiary alicyclic amines) is 1. The number of ether oxygens (including phenoxy) is 1. The fraction of sp³-hybridized carbons (Fsp3) is 0.700. The maximum atomic E-state index is 12.7. The molecule has 2 heterocycles. The zero-order valence-corrected chi connectivity index (χ0v) is 16.4. The number of nitrogens with zero attached hydrogens (tertiary/aromatic N) is 3. The molecule has 1 atom stereocenters. The third kappa shape index (κ3) is 5.18. The molecular weight excluding hydrogens is 314 g/mol. The minimum atomic E-state index is -0.514. The number of rotatable bonds is 6. The standard InChI is InChI=1S/C20H33N3O2/c1-6-8-14-22-15-10-12-17(22)16-11-9-13-21-18(16)23(7-2)19(24)25-20(3,4)5/h9,11,13,17H,6-8,10,12,14-15H2,1-5H3/t17-/m1/s1. The molecule has 5 heteroatoms. The van der Waals surface area contributed by atoms with Gasteiger partial charge in [0, 0.05) is 24.3 Å². The predicted molar refractivity (Wildman–Crippen MR) is 102 cm³/mol. The van der Waals surface area contributed by atoms with E-state index in [0.717, 1.165) is 30.9 Å². The van der Waals surface area contributed by atoms with E-state index in [2.05, 4.69) is 22.9 Å². The molecular formula is C20H33N3O2. The van der Waals surface area contributed by atoms with Gasteiger partial charge in [-0.05, 0) is 66.1 Å². The molecule has 1 aromatic heterocycles. The van der Waals surface area contributed by atoms with Crippen molar-refractivity contribution in [2.24, 2.45) is 0 Å². The summed E-state index contributed by atoms with van der Waals surface area (Å²) in [5.74, 6) is 0.743. The van der Waals surface area contributed by atoms with Gasteiger partial charge in [-0.2, -0.15) is 0 Å². The lowest BCUT2D eigenvalue weighted by Gasteiger charge is -2.30. The van der Waals surface area contributed by atoms with E-state index in [0.29, 0.717) is 12.6 Å². The van der Waals surface area contributed by atoms with Gasteiger partial charge in [-0.25, -0.2) is 9.78 Å². The molecule has 0 spiro atoms. The van der Waals surface area contributed by atoms with E-state index >= 15 is 0 Å². The molecule has 0 saturated carbocycles. The Bertz CT molecular complexity index is 568. The van der Waals surface area contributed by atoms with Crippen LogP contribution in [0.15, 0.2) is 18.3 Å². The first-order valence-electron chi connectivity index (χ1n) is 9.56. The molecule has 1 aliphatic heterocycles. The van der Waals surface area contributed by atoms with Crippen LogP contribution in [0, 0.1) is 0 Å². The summed E-state index contributed by atoms with van der Waals surface area (Å²) in [7, 11) is 0. The van der Waals surface area contributed by atoms with Crippen LogP contribution in [0.2, 0.25) is 0 Å². The molecule has 25 heavy (non-hydrogen) atoms. The average molecular weight is 348 g/mol. The summed E-state index contributed by atoms with van der Waals surface area (Å²) in [4.78, 5) is 21.4. The Morgan fingerprint density at radius 1 is 1.40 bits per heavy atom. The van der Waals surface area contributed by atoms with Crippen molar-refractivity contribution in [3.05, 3.63) is 23.9 Å². The van der Waals surface area contributed by atoms with Gasteiger partial charge in [0.2, 0.25) is 0 Å². The number of carbonyl (C=O) groups excluding carboxylic acids is 1. The van der Waals surface area contributed by atoms with Gasteiger partial charge in [-0.3, -0.25) is 9.80 Å². The number of carbonyl (C=O) groups is 1. The monoisotopic (exact) mass is 347 g/mol. The molecule has 0 aliphatic carbocycles. The molecule has 0 bridgehead atoms. The quantitative estimate of drug-likeness (QED) is 0.743. The van der Waals surface area contributed by atoms with Crippen LogP contribution < -0.4 is 4.90 Å². The van der Waals surface area contributed by atoms with E-state index in [4.69, 9.17) is 4.74 Å². The lowest BCUT2D eigenvalue weighted by molar-refractivity contribution is 0.0580. The Morgan fingerprint density at radius 2 is 2.16 bits per heavy atom. The smallest absolute Gasteiger partial charge is 0.415 e. The molecule has 1 amide bonds. The summed E-state index contributed by atoms with van der Waals surface area (Å²) in [6.07, 6.45) is 6.15. The van der Waals surface area contributed by atoms with Crippen molar-refractivity contribution in [3.63, 3.8) is 0 Å². The van der Waals surface area contributed by atoms with Crippen molar-refractivity contribution in [2.75, 3.05) is 24.5 Å². The van der Waals surface area contributed by atoms with Gasteiger partial charge >= 0.3 is 6.09 Å². The highest BCUT2D eigenvalue weighted by molar-refractivity contribution is 5.87. The van der Waals surface area contributed by atoms with Crippen LogP contribution in [0.1, 0.15) is 71.9 Å². The van der Waals surface area contributed by atoms with Gasteiger partial charge in [0.15, 0.2) is 0 Å². The predicted octanol–water partition coefficient (Wildman–Crippen LogP) is 4.78. The summed E-state index contributed by atoms with van der Waals surface area (Å²) in [6, 6.07) is 4.43. The van der Waals surface area contributed by atoms with Crippen LogP contribution >= 0.6 is 0 Å². The maximum absolute atomic E-state index is 12.7. The zero-order valence-electron chi connectivity index (χ0n) is 16.4. The summed E-state index contributed by atoms with van der Waals surface area (Å²) in [6.45, 7) is 12.6. The molecule has 0 unspecified atom stereocenters. The largest absolute Gasteiger partial charge is 0.443 e. The van der Waals surface area contributed by atoms with Crippen molar-refractivity contribution < 1.29 is 9.53 Å². The zero-order chi connectivity index (χ0) is 18.4. The number of aromatic nitrogens is 1. The highest BCUT2D eigenvalue weighted by atomic mass is 16.6. The fourth-order valence-electron chi connectivity index (χ4n) is 3.38. The summed E-state index contributed by atoms with van der Waals surface area (Å²) >= 11 is 0. The molecule has 2 rings (SSSR count). The number of anilines is 1. The lowest BCUT2D eigenvalue weighted by Crippen LogP contribution is -2.38. The molecule has 140 valence electrons. The van der Waals surface area contributed by atoms with Crippen LogP contribution in [0.25, 0.3) is 0 Å². The maximum Gasteiger partial charge on any atom is 0.415 e. The van der Waals surface area contributed by atoms with E-state index in [-0.39, 0.29) is 6.09 Å². The van der Waals surface area contributed by atoms with Gasteiger partial charge in [0.1, 0.15) is 11.4 Å². The van der Waals surface area contributed by atoms with Crippen molar-refractivity contribution in [1.29, 1.82) is 0 Å². The van der Waals surface area contributed by atoms with Gasteiger partial charge in [-0.1, -0.05) is 19.4 Å². The molecule has 1 fully saturated rings. The van der Waals surface area contributed by atoms with Gasteiger partial charge in [0.25, 0.3) is 0 Å². The second-order valence-electron chi connectivity index (χ2n) is 7.69. The highest BCUT2D eigenvalue weighted by Crippen LogP contribution is 2.36. The Kier molecular flexibility index (Phi) is 6.82. The Hall–Kier alpha value is -1.62. The Balaban J connectivity index is 2.28. The number of amides is 1. The first-order valence-corrected chi connectivity index (χ1v) is 9.56. The van der Waals surface area contributed by atoms with Crippen molar-refractivity contribution >= 4 is 11.9 Å². The van der Waals surface area contributed by atoms with Crippen molar-refractivity contribution in [3.8, 4) is 0 Å². The normalized spacial score (nSPS) is 18.4. The van der Waals surface area contributed by atoms with Gasteiger partial charge in [-0.15, -0.1) is 0 Å². The highest BCUT2D eigenvalue weighted by Gasteiger charge is 2.31. The third-order valence-corrected chi connectivity index (χ3v) is 4.52. The van der Waals surface area contributed by atoms with Crippen LogP contribution in [0.3, 0.4) is 0 Å². The van der Waals surface area contributed by atoms with E-state index in [1.54, 1.807) is 11.1 Å². The van der Waals surface area contributed by atoms with Crippen LogP contribution in [-0.2, 0) is 4.74 Å². The average Bonchev–Trinajstić information content (AvgIpc) is 3.00. The number of pyridine rings is 1. The third-order valence-electron chi connectivity index (χ3n) is 4.52. The Labute approximate surface area is 152 Å². The van der Waals surface area contributed by atoms with Crippen molar-refractivity contribution in [1.82, 2.24) is 9.88 Å². The molecule has 0 radical (unpaired) electrons. The summed E-state index contributed by atoms with van der Waals surface area (Å²) in [5.41, 5.74) is 0.628. The number of hydrogen-bond acceptors (Lipinski definition) is 4. The van der Waals surface area contributed by atoms with Gasteiger partial charge in [0.05, 0.1) is 0 Å². The van der Waals surface area contributed by atoms with E-state index in [1.165, 1.54) is 19.3 Å². The summed E-state index contributed by atoms with van der Waals surface area (Å²) < 4.78 is 5.59. The lowest BCUT2D eigenvalue weighted by atomic mass is 10.0. The van der Waals surface area contributed by atoms with Crippen LogP contribution in [0.5, 0.6) is 0 Å². The molecule has 1 saturated heterocycles. The molecule has 5 nitrogen and oxygen atoms in total. The summed E-state index contributed by atoms with van der Waals surface area (Å²) in [5, 5.41) is 0. The second kappa shape index (κ2) is 8.65. The fourth-order valence-corrected chi connectivity index (χ4v) is 3.38. The first kappa shape index (κ1) is 19.7. The van der Waals surface area contributed by atoms with Gasteiger partial charge < -0.3 is 4.74 Å². The van der Waals surface area contributed by atoms with Crippen LogP contribution in [-0.4, -0.2) is 41.2 Å². The topological polar surface area (TPSA) is 45.7 Å². The molecule has 1 aromatic rings. The molecule has 1 aliphatic rings. The number of unbranched alkanes of at least 4 members (excludes halogenated alkanes) is 1. The van der Waals surface area contributed by atoms with Crippen LogP contribution in [0.4, 0.5) is 10.6 Å². The first-order chi connectivity index (χ1) is 11.9. The van der Waals surface area contributed by atoms with Crippen molar-refractivity contribution in [2.45, 2.75) is 71.9 Å². The van der Waals surface area contributed by atoms with E-state index < -0.39 is 5.60 Å². The minimum Gasteiger partial charge on any atom is -0.443 e. The molecule has 0 aromatic carbocycles. The second-order valence-corrected chi connectivity index (χ2v) is 7.69. The SMILES string of the molecule is CCCCN1CCC[C@@H]1c1cccnc1N(CC)C(=O)OC(C)(C)C. The minimum absolute atomic E-state index is 0.326. The van der Waals surface area contributed by atoms with E-state index in [1.807, 2.05) is 33.8 Å².